The Kier molecular flexibility index (Phi) is 2.12. The molecule has 0 radical (unpaired) electrons. The first kappa shape index (κ1) is 11.0. The van der Waals surface area contributed by atoms with Crippen molar-refractivity contribution in [2.75, 3.05) is 5.73 Å². The SMILES string of the molecule is Cc1noc2ccc(-c3nc4ccccn4c3N)cc12. The zero-order chi connectivity index (χ0) is 13.7. The monoisotopic (exact) mass is 264 g/mol. The lowest BCUT2D eigenvalue weighted by atomic mass is 10.1. The van der Waals surface area contributed by atoms with Crippen molar-refractivity contribution in [1.82, 2.24) is 14.5 Å². The quantitative estimate of drug-likeness (QED) is 0.573. The lowest BCUT2D eigenvalue weighted by Crippen LogP contribution is -1.93. The molecule has 5 heteroatoms. The van der Waals surface area contributed by atoms with Crippen LogP contribution in [0.1, 0.15) is 5.69 Å². The number of nitrogen functional groups attached to an aromatic ring is 1. The maximum absolute atomic E-state index is 6.19. The second-order valence-electron chi connectivity index (χ2n) is 4.75. The molecule has 0 unspecified atom stereocenters. The van der Waals surface area contributed by atoms with E-state index < -0.39 is 0 Å². The van der Waals surface area contributed by atoms with Gasteiger partial charge in [-0.3, -0.25) is 4.40 Å². The van der Waals surface area contributed by atoms with Gasteiger partial charge in [-0.25, -0.2) is 4.98 Å². The zero-order valence-electron chi connectivity index (χ0n) is 10.9. The number of pyridine rings is 1. The Morgan fingerprint density at radius 1 is 1.20 bits per heavy atom. The number of imidazole rings is 1. The van der Waals surface area contributed by atoms with E-state index in [9.17, 15) is 0 Å². The maximum Gasteiger partial charge on any atom is 0.167 e. The molecule has 0 amide bonds. The van der Waals surface area contributed by atoms with Gasteiger partial charge in [0, 0.05) is 17.1 Å². The van der Waals surface area contributed by atoms with Crippen molar-refractivity contribution in [2.24, 2.45) is 0 Å². The Morgan fingerprint density at radius 2 is 2.10 bits per heavy atom. The number of nitrogens with two attached hydrogens (primary N) is 1. The highest BCUT2D eigenvalue weighted by Crippen LogP contribution is 2.30. The normalized spacial score (nSPS) is 11.4. The van der Waals surface area contributed by atoms with Crippen LogP contribution in [-0.2, 0) is 0 Å². The Labute approximate surface area is 114 Å². The van der Waals surface area contributed by atoms with Gasteiger partial charge in [-0.2, -0.15) is 0 Å². The third-order valence-corrected chi connectivity index (χ3v) is 3.49. The molecule has 0 aliphatic heterocycles. The average Bonchev–Trinajstić information content (AvgIpc) is 3.01. The number of anilines is 1. The van der Waals surface area contributed by atoms with E-state index in [0.717, 1.165) is 33.6 Å². The Morgan fingerprint density at radius 3 is 2.95 bits per heavy atom. The predicted molar refractivity (Wildman–Crippen MR) is 77.3 cm³/mol. The Bertz CT molecular complexity index is 936. The van der Waals surface area contributed by atoms with Crippen LogP contribution in [-0.4, -0.2) is 14.5 Å². The predicted octanol–water partition coefficient (Wildman–Crippen LogP) is 3.03. The molecule has 20 heavy (non-hydrogen) atoms. The number of hydrogen-bond acceptors (Lipinski definition) is 4. The van der Waals surface area contributed by atoms with Crippen molar-refractivity contribution in [3.05, 3.63) is 48.3 Å². The van der Waals surface area contributed by atoms with Crippen molar-refractivity contribution >= 4 is 22.4 Å². The van der Waals surface area contributed by atoms with E-state index in [0.29, 0.717) is 5.82 Å². The van der Waals surface area contributed by atoms with Crippen molar-refractivity contribution < 1.29 is 4.52 Å². The highest BCUT2D eigenvalue weighted by atomic mass is 16.5. The van der Waals surface area contributed by atoms with Gasteiger partial charge in [0.1, 0.15) is 17.2 Å². The molecule has 0 atom stereocenters. The summed E-state index contributed by atoms with van der Waals surface area (Å²) in [5, 5.41) is 4.95. The molecule has 0 aliphatic rings. The van der Waals surface area contributed by atoms with Gasteiger partial charge in [-0.15, -0.1) is 0 Å². The Balaban J connectivity index is 2.00. The molecule has 0 aliphatic carbocycles. The molecule has 1 aromatic carbocycles. The third kappa shape index (κ3) is 1.43. The highest BCUT2D eigenvalue weighted by Gasteiger charge is 2.13. The molecule has 98 valence electrons. The van der Waals surface area contributed by atoms with Gasteiger partial charge in [-0.05, 0) is 37.3 Å². The zero-order valence-corrected chi connectivity index (χ0v) is 10.9. The van der Waals surface area contributed by atoms with Crippen LogP contribution in [0.4, 0.5) is 5.82 Å². The number of benzene rings is 1. The van der Waals surface area contributed by atoms with Crippen molar-refractivity contribution in [1.29, 1.82) is 0 Å². The van der Waals surface area contributed by atoms with E-state index in [1.54, 1.807) is 0 Å². The number of fused-ring (bicyclic) bond motifs is 2. The fraction of sp³-hybridized carbons (Fsp3) is 0.0667. The van der Waals surface area contributed by atoms with Gasteiger partial charge in [0.25, 0.3) is 0 Å². The van der Waals surface area contributed by atoms with Gasteiger partial charge in [0.15, 0.2) is 5.58 Å². The summed E-state index contributed by atoms with van der Waals surface area (Å²) in [6, 6.07) is 11.7. The molecule has 5 nitrogen and oxygen atoms in total. The van der Waals surface area contributed by atoms with E-state index >= 15 is 0 Å². The molecule has 0 spiro atoms. The molecule has 0 saturated carbocycles. The van der Waals surface area contributed by atoms with Crippen LogP contribution in [0.3, 0.4) is 0 Å². The molecule has 0 fully saturated rings. The van der Waals surface area contributed by atoms with Crippen LogP contribution in [0.5, 0.6) is 0 Å². The number of aromatic nitrogens is 3. The highest BCUT2D eigenvalue weighted by molar-refractivity contribution is 5.87. The molecule has 4 rings (SSSR count). The van der Waals surface area contributed by atoms with Gasteiger partial charge in [0.2, 0.25) is 0 Å². The van der Waals surface area contributed by atoms with Crippen LogP contribution in [0.15, 0.2) is 47.1 Å². The molecular formula is C15H12N4O. The summed E-state index contributed by atoms with van der Waals surface area (Å²) < 4.78 is 7.10. The first-order valence-electron chi connectivity index (χ1n) is 6.33. The van der Waals surface area contributed by atoms with E-state index in [4.69, 9.17) is 10.3 Å². The molecule has 4 aromatic rings. The number of aryl methyl sites for hydroxylation is 1. The number of nitrogens with zero attached hydrogens (tertiary/aromatic N) is 3. The maximum atomic E-state index is 6.19. The van der Waals surface area contributed by atoms with Crippen LogP contribution in [0.2, 0.25) is 0 Å². The lowest BCUT2D eigenvalue weighted by molar-refractivity contribution is 0.450. The summed E-state index contributed by atoms with van der Waals surface area (Å²) in [6.07, 6.45) is 1.91. The van der Waals surface area contributed by atoms with Gasteiger partial charge >= 0.3 is 0 Å². The van der Waals surface area contributed by atoms with Gasteiger partial charge in [0.05, 0.1) is 5.69 Å². The fourth-order valence-electron chi connectivity index (χ4n) is 2.43. The fourth-order valence-corrected chi connectivity index (χ4v) is 2.43. The summed E-state index contributed by atoms with van der Waals surface area (Å²) in [5.41, 5.74) is 10.4. The number of rotatable bonds is 1. The molecule has 3 heterocycles. The summed E-state index contributed by atoms with van der Waals surface area (Å²) >= 11 is 0. The third-order valence-electron chi connectivity index (χ3n) is 3.49. The molecule has 2 N–H and O–H groups in total. The first-order chi connectivity index (χ1) is 9.74. The summed E-state index contributed by atoms with van der Waals surface area (Å²) in [6.45, 7) is 1.92. The Hall–Kier alpha value is -2.82. The summed E-state index contributed by atoms with van der Waals surface area (Å²) in [4.78, 5) is 4.59. The second kappa shape index (κ2) is 3.84. The smallest absolute Gasteiger partial charge is 0.167 e. The van der Waals surface area contributed by atoms with Crippen LogP contribution < -0.4 is 5.73 Å². The second-order valence-corrected chi connectivity index (χ2v) is 4.75. The molecule has 3 aromatic heterocycles. The number of hydrogen-bond donors (Lipinski definition) is 1. The van der Waals surface area contributed by atoms with Crippen LogP contribution >= 0.6 is 0 Å². The minimum atomic E-state index is 0.633. The lowest BCUT2D eigenvalue weighted by Gasteiger charge is -1.99. The van der Waals surface area contributed by atoms with Crippen LogP contribution in [0, 0.1) is 6.92 Å². The summed E-state index contributed by atoms with van der Waals surface area (Å²) in [5.74, 6) is 0.633. The van der Waals surface area contributed by atoms with E-state index in [2.05, 4.69) is 10.1 Å². The average molecular weight is 264 g/mol. The molecule has 0 saturated heterocycles. The molecular weight excluding hydrogens is 252 g/mol. The topological polar surface area (TPSA) is 69.3 Å². The molecule has 0 bridgehead atoms. The minimum Gasteiger partial charge on any atom is -0.383 e. The summed E-state index contributed by atoms with van der Waals surface area (Å²) in [7, 11) is 0. The largest absolute Gasteiger partial charge is 0.383 e. The van der Waals surface area contributed by atoms with E-state index in [-0.39, 0.29) is 0 Å². The van der Waals surface area contributed by atoms with Crippen molar-refractivity contribution in [3.8, 4) is 11.3 Å². The van der Waals surface area contributed by atoms with Crippen LogP contribution in [0.25, 0.3) is 27.9 Å². The van der Waals surface area contributed by atoms with Crippen molar-refractivity contribution in [2.45, 2.75) is 6.92 Å². The van der Waals surface area contributed by atoms with Gasteiger partial charge in [-0.1, -0.05) is 11.2 Å². The standard InChI is InChI=1S/C15H12N4O/c1-9-11-8-10(5-6-12(11)20-18-9)14-15(16)19-7-3-2-4-13(19)17-14/h2-8H,16H2,1H3. The van der Waals surface area contributed by atoms with Gasteiger partial charge < -0.3 is 10.3 Å². The van der Waals surface area contributed by atoms with E-state index in [1.807, 2.05) is 53.9 Å². The minimum absolute atomic E-state index is 0.633. The van der Waals surface area contributed by atoms with Crippen molar-refractivity contribution in [3.63, 3.8) is 0 Å². The van der Waals surface area contributed by atoms with E-state index in [1.165, 1.54) is 0 Å². The first-order valence-corrected chi connectivity index (χ1v) is 6.33.